The zero-order chi connectivity index (χ0) is 23.1. The lowest BCUT2D eigenvalue weighted by Crippen LogP contribution is -2.42. The smallest absolute Gasteiger partial charge is 0.254 e. The first kappa shape index (κ1) is 23.5. The zero-order valence-corrected chi connectivity index (χ0v) is 18.9. The summed E-state index contributed by atoms with van der Waals surface area (Å²) < 4.78 is 19.0. The van der Waals surface area contributed by atoms with Crippen LogP contribution in [-0.2, 0) is 17.9 Å². The van der Waals surface area contributed by atoms with E-state index in [9.17, 15) is 14.0 Å². The van der Waals surface area contributed by atoms with Crippen LogP contribution in [0.25, 0.3) is 0 Å². The molecular formula is C25H26ClFN2O3. The predicted octanol–water partition coefficient (Wildman–Crippen LogP) is 5.46. The SMILES string of the molecule is CCCN(CC(=O)N(Cc1ccc(F)cc1)Cc1ccc(C)o1)C(=O)c1ccc(Cl)cc1. The largest absolute Gasteiger partial charge is 0.464 e. The number of carbonyl (C=O) groups is 2. The fourth-order valence-corrected chi connectivity index (χ4v) is 3.49. The number of rotatable bonds is 9. The van der Waals surface area contributed by atoms with Crippen molar-refractivity contribution in [3.05, 3.63) is 94.2 Å². The zero-order valence-electron chi connectivity index (χ0n) is 18.2. The summed E-state index contributed by atoms with van der Waals surface area (Å²) in [6.45, 7) is 4.68. The summed E-state index contributed by atoms with van der Waals surface area (Å²) in [6.07, 6.45) is 0.710. The molecule has 2 aromatic carbocycles. The van der Waals surface area contributed by atoms with Crippen molar-refractivity contribution in [2.75, 3.05) is 13.1 Å². The van der Waals surface area contributed by atoms with E-state index in [1.165, 1.54) is 17.0 Å². The first-order valence-electron chi connectivity index (χ1n) is 10.5. The Bertz CT molecular complexity index is 1050. The standard InChI is InChI=1S/C25H26ClFN2O3/c1-3-14-28(25(31)20-7-9-21(26)10-8-20)17-24(30)29(16-23-13-4-18(2)32-23)15-19-5-11-22(27)12-6-19/h4-13H,3,14-17H2,1-2H3. The van der Waals surface area contributed by atoms with Gasteiger partial charge >= 0.3 is 0 Å². The Labute approximate surface area is 192 Å². The molecule has 0 unspecified atom stereocenters. The van der Waals surface area contributed by atoms with E-state index in [0.29, 0.717) is 29.3 Å². The van der Waals surface area contributed by atoms with Crippen molar-refractivity contribution in [1.29, 1.82) is 0 Å². The number of aryl methyl sites for hydroxylation is 1. The highest BCUT2D eigenvalue weighted by Gasteiger charge is 2.23. The van der Waals surface area contributed by atoms with Crippen molar-refractivity contribution >= 4 is 23.4 Å². The van der Waals surface area contributed by atoms with E-state index in [-0.39, 0.29) is 37.3 Å². The fraction of sp³-hybridized carbons (Fsp3) is 0.280. The molecule has 0 saturated carbocycles. The maximum Gasteiger partial charge on any atom is 0.254 e. The third kappa shape index (κ3) is 6.44. The number of halogens is 2. The van der Waals surface area contributed by atoms with Gasteiger partial charge in [-0.15, -0.1) is 0 Å². The number of hydrogen-bond donors (Lipinski definition) is 0. The summed E-state index contributed by atoms with van der Waals surface area (Å²) in [5.41, 5.74) is 1.26. The Morgan fingerprint density at radius 2 is 1.62 bits per heavy atom. The molecule has 0 aliphatic rings. The Kier molecular flexibility index (Phi) is 8.06. The fourth-order valence-electron chi connectivity index (χ4n) is 3.36. The van der Waals surface area contributed by atoms with Crippen molar-refractivity contribution < 1.29 is 18.4 Å². The minimum Gasteiger partial charge on any atom is -0.464 e. The van der Waals surface area contributed by atoms with E-state index in [0.717, 1.165) is 11.3 Å². The molecule has 0 aliphatic heterocycles. The van der Waals surface area contributed by atoms with E-state index in [1.54, 1.807) is 41.3 Å². The second-order valence-corrected chi connectivity index (χ2v) is 8.06. The normalized spacial score (nSPS) is 10.8. The molecule has 0 aliphatic carbocycles. The van der Waals surface area contributed by atoms with Gasteiger partial charge in [0, 0.05) is 23.7 Å². The number of benzene rings is 2. The van der Waals surface area contributed by atoms with Crippen molar-refractivity contribution in [2.24, 2.45) is 0 Å². The van der Waals surface area contributed by atoms with Gasteiger partial charge in [0.2, 0.25) is 5.91 Å². The van der Waals surface area contributed by atoms with Crippen LogP contribution in [0.2, 0.25) is 5.02 Å². The van der Waals surface area contributed by atoms with Crippen LogP contribution in [0.4, 0.5) is 4.39 Å². The quantitative estimate of drug-likeness (QED) is 0.429. The molecular weight excluding hydrogens is 431 g/mol. The summed E-state index contributed by atoms with van der Waals surface area (Å²) in [6, 6.07) is 16.3. The van der Waals surface area contributed by atoms with Crippen molar-refractivity contribution in [3.8, 4) is 0 Å². The molecule has 5 nitrogen and oxygen atoms in total. The van der Waals surface area contributed by atoms with Crippen LogP contribution >= 0.6 is 11.6 Å². The molecule has 3 rings (SSSR count). The predicted molar refractivity (Wildman–Crippen MR) is 122 cm³/mol. The summed E-state index contributed by atoms with van der Waals surface area (Å²) >= 11 is 5.93. The van der Waals surface area contributed by atoms with Crippen LogP contribution in [0.1, 0.15) is 40.8 Å². The van der Waals surface area contributed by atoms with E-state index in [4.69, 9.17) is 16.0 Å². The Morgan fingerprint density at radius 3 is 2.22 bits per heavy atom. The van der Waals surface area contributed by atoms with E-state index in [1.807, 2.05) is 26.0 Å². The highest BCUT2D eigenvalue weighted by atomic mass is 35.5. The first-order valence-corrected chi connectivity index (χ1v) is 10.9. The summed E-state index contributed by atoms with van der Waals surface area (Å²) in [5, 5.41) is 0.541. The van der Waals surface area contributed by atoms with E-state index >= 15 is 0 Å². The average molecular weight is 457 g/mol. The Morgan fingerprint density at radius 1 is 0.938 bits per heavy atom. The molecule has 0 fully saturated rings. The molecule has 3 aromatic rings. The maximum absolute atomic E-state index is 13.3. The van der Waals surface area contributed by atoms with Gasteiger partial charge in [-0.2, -0.15) is 0 Å². The van der Waals surface area contributed by atoms with Gasteiger partial charge in [-0.25, -0.2) is 4.39 Å². The molecule has 0 bridgehead atoms. The van der Waals surface area contributed by atoms with Crippen LogP contribution in [0, 0.1) is 12.7 Å². The molecule has 0 spiro atoms. The van der Waals surface area contributed by atoms with Crippen LogP contribution in [0.3, 0.4) is 0 Å². The number of amides is 2. The molecule has 0 atom stereocenters. The highest BCUT2D eigenvalue weighted by Crippen LogP contribution is 2.16. The lowest BCUT2D eigenvalue weighted by molar-refractivity contribution is -0.133. The van der Waals surface area contributed by atoms with Crippen molar-refractivity contribution in [3.63, 3.8) is 0 Å². The molecule has 0 N–H and O–H groups in total. The molecule has 0 saturated heterocycles. The molecule has 2 amide bonds. The highest BCUT2D eigenvalue weighted by molar-refractivity contribution is 6.30. The van der Waals surface area contributed by atoms with Gasteiger partial charge in [-0.05, 0) is 67.4 Å². The van der Waals surface area contributed by atoms with Gasteiger partial charge in [0.1, 0.15) is 23.9 Å². The minimum atomic E-state index is -0.337. The van der Waals surface area contributed by atoms with Gasteiger partial charge < -0.3 is 14.2 Å². The minimum absolute atomic E-state index is 0.0732. The van der Waals surface area contributed by atoms with E-state index < -0.39 is 0 Å². The van der Waals surface area contributed by atoms with E-state index in [2.05, 4.69) is 0 Å². The summed E-state index contributed by atoms with van der Waals surface area (Å²) in [4.78, 5) is 29.5. The molecule has 7 heteroatoms. The lowest BCUT2D eigenvalue weighted by atomic mass is 10.1. The number of furan rings is 1. The molecule has 1 aromatic heterocycles. The molecule has 168 valence electrons. The Hall–Kier alpha value is -3.12. The second kappa shape index (κ2) is 11.0. The molecule has 0 radical (unpaired) electrons. The van der Waals surface area contributed by atoms with Gasteiger partial charge in [-0.3, -0.25) is 9.59 Å². The second-order valence-electron chi connectivity index (χ2n) is 7.62. The summed E-state index contributed by atoms with van der Waals surface area (Å²) in [5.74, 6) is 0.603. The molecule has 1 heterocycles. The van der Waals surface area contributed by atoms with Crippen molar-refractivity contribution in [2.45, 2.75) is 33.4 Å². The van der Waals surface area contributed by atoms with Gasteiger partial charge in [0.15, 0.2) is 0 Å². The molecule has 32 heavy (non-hydrogen) atoms. The summed E-state index contributed by atoms with van der Waals surface area (Å²) in [7, 11) is 0. The van der Waals surface area contributed by atoms with Crippen LogP contribution in [-0.4, -0.2) is 34.7 Å². The average Bonchev–Trinajstić information content (AvgIpc) is 3.19. The van der Waals surface area contributed by atoms with Crippen LogP contribution in [0.15, 0.2) is 65.1 Å². The monoisotopic (exact) mass is 456 g/mol. The third-order valence-corrected chi connectivity index (χ3v) is 5.23. The van der Waals surface area contributed by atoms with Crippen molar-refractivity contribution in [1.82, 2.24) is 9.80 Å². The number of nitrogens with zero attached hydrogens (tertiary/aromatic N) is 2. The van der Waals surface area contributed by atoms with Gasteiger partial charge in [0.05, 0.1) is 6.54 Å². The number of hydrogen-bond acceptors (Lipinski definition) is 3. The Balaban J connectivity index is 1.79. The third-order valence-electron chi connectivity index (χ3n) is 4.98. The van der Waals surface area contributed by atoms with Gasteiger partial charge in [0.25, 0.3) is 5.91 Å². The van der Waals surface area contributed by atoms with Crippen LogP contribution < -0.4 is 0 Å². The first-order chi connectivity index (χ1) is 15.4. The maximum atomic E-state index is 13.3. The number of carbonyl (C=O) groups excluding carboxylic acids is 2. The van der Waals surface area contributed by atoms with Gasteiger partial charge in [-0.1, -0.05) is 30.7 Å². The lowest BCUT2D eigenvalue weighted by Gasteiger charge is -2.27. The topological polar surface area (TPSA) is 53.8 Å². The van der Waals surface area contributed by atoms with Crippen LogP contribution in [0.5, 0.6) is 0 Å².